The molecule has 0 unspecified atom stereocenters. The van der Waals surface area contributed by atoms with E-state index in [-0.39, 0.29) is 0 Å². The Morgan fingerprint density at radius 1 is 0.250 bits per heavy atom. The summed E-state index contributed by atoms with van der Waals surface area (Å²) in [4.78, 5) is 2.48. The molecule has 0 heterocycles. The Bertz CT molecular complexity index is 3790. The Labute approximate surface area is 397 Å². The maximum atomic E-state index is 2.48. The largest absolute Gasteiger partial charge is 0.310 e. The lowest BCUT2D eigenvalue weighted by Crippen LogP contribution is -2.28. The SMILES string of the molecule is c1ccc(-c2c(-c3ccccc3)c3cc(N(c4cccc(-c5cccc6ccccc56)c4)c4ccc5c(c4)-c4ccccc4C5(c4ccccc4)c4ccccc4)ccc3c3ccccc23)cc1. The van der Waals surface area contributed by atoms with Crippen molar-refractivity contribution in [2.45, 2.75) is 5.41 Å². The predicted octanol–water partition coefficient (Wildman–Crippen LogP) is 18.0. The van der Waals surface area contributed by atoms with Gasteiger partial charge in [-0.15, -0.1) is 0 Å². The first-order valence-electron chi connectivity index (χ1n) is 23.6. The van der Waals surface area contributed by atoms with Gasteiger partial charge in [0.1, 0.15) is 0 Å². The van der Waals surface area contributed by atoms with Crippen LogP contribution in [0.25, 0.3) is 76.8 Å². The van der Waals surface area contributed by atoms with E-state index in [1.807, 2.05) is 0 Å². The lowest BCUT2D eigenvalue weighted by molar-refractivity contribution is 0.768. The van der Waals surface area contributed by atoms with Gasteiger partial charge in [-0.3, -0.25) is 0 Å². The molecule has 13 rings (SSSR count). The van der Waals surface area contributed by atoms with E-state index in [0.29, 0.717) is 0 Å². The standard InChI is InChI=1S/C67H45N/c1-5-22-47(23-6-1)65-60-36-16-15-34-57(60)58-41-39-53(45-62(58)66(65)48-24-7-2-8-25-48)68(52-32-19-27-49(43-52)56-37-20-26-46-21-13-14-33-55(46)56)54-40-42-64-61(44-54)59-35-17-18-38-63(59)67(64,50-28-9-3-10-29-50)51-30-11-4-12-31-51/h1-45H. The third-order valence-corrected chi connectivity index (χ3v) is 14.3. The molecule has 1 aliphatic rings. The number of fused-ring (bicyclic) bond motifs is 7. The fourth-order valence-corrected chi connectivity index (χ4v) is 11.4. The normalized spacial score (nSPS) is 12.5. The molecule has 0 saturated carbocycles. The summed E-state index contributed by atoms with van der Waals surface area (Å²) in [5, 5.41) is 7.39. The van der Waals surface area contributed by atoms with Crippen LogP contribution in [-0.4, -0.2) is 0 Å². The average Bonchev–Trinajstić information content (AvgIpc) is 3.72. The third kappa shape index (κ3) is 6.24. The van der Waals surface area contributed by atoms with Crippen LogP contribution in [0.5, 0.6) is 0 Å². The first-order chi connectivity index (χ1) is 33.8. The van der Waals surface area contributed by atoms with Crippen LogP contribution in [0.2, 0.25) is 0 Å². The number of benzene rings is 12. The maximum absolute atomic E-state index is 2.48. The van der Waals surface area contributed by atoms with E-state index < -0.39 is 5.41 Å². The number of hydrogen-bond donors (Lipinski definition) is 0. The lowest BCUT2D eigenvalue weighted by Gasteiger charge is -2.34. The van der Waals surface area contributed by atoms with Crippen molar-refractivity contribution in [2.24, 2.45) is 0 Å². The highest BCUT2D eigenvalue weighted by molar-refractivity contribution is 6.22. The van der Waals surface area contributed by atoms with Crippen LogP contribution in [0, 0.1) is 0 Å². The highest BCUT2D eigenvalue weighted by atomic mass is 15.1. The van der Waals surface area contributed by atoms with Crippen molar-refractivity contribution in [3.63, 3.8) is 0 Å². The monoisotopic (exact) mass is 863 g/mol. The van der Waals surface area contributed by atoms with Crippen LogP contribution in [-0.2, 0) is 5.41 Å². The zero-order valence-corrected chi connectivity index (χ0v) is 37.4. The van der Waals surface area contributed by atoms with Gasteiger partial charge in [-0.05, 0) is 135 Å². The van der Waals surface area contributed by atoms with Crippen LogP contribution in [0.4, 0.5) is 17.1 Å². The molecule has 0 radical (unpaired) electrons. The van der Waals surface area contributed by atoms with Gasteiger partial charge in [-0.1, -0.05) is 237 Å². The van der Waals surface area contributed by atoms with Gasteiger partial charge in [0, 0.05) is 17.1 Å². The van der Waals surface area contributed by atoms with Crippen molar-refractivity contribution < 1.29 is 0 Å². The molecule has 68 heavy (non-hydrogen) atoms. The number of hydrogen-bond acceptors (Lipinski definition) is 1. The summed E-state index contributed by atoms with van der Waals surface area (Å²) in [5.74, 6) is 0. The van der Waals surface area contributed by atoms with Crippen molar-refractivity contribution in [3.05, 3.63) is 295 Å². The highest BCUT2D eigenvalue weighted by Crippen LogP contribution is 2.57. The maximum Gasteiger partial charge on any atom is 0.0713 e. The summed E-state index contributed by atoms with van der Waals surface area (Å²) in [6, 6.07) is 101. The van der Waals surface area contributed by atoms with E-state index in [4.69, 9.17) is 0 Å². The van der Waals surface area contributed by atoms with Crippen LogP contribution in [0.1, 0.15) is 22.3 Å². The minimum Gasteiger partial charge on any atom is -0.310 e. The van der Waals surface area contributed by atoms with Gasteiger partial charge in [-0.2, -0.15) is 0 Å². The van der Waals surface area contributed by atoms with Gasteiger partial charge < -0.3 is 4.90 Å². The smallest absolute Gasteiger partial charge is 0.0713 e. The predicted molar refractivity (Wildman–Crippen MR) is 287 cm³/mol. The van der Waals surface area contributed by atoms with E-state index >= 15 is 0 Å². The zero-order chi connectivity index (χ0) is 45.0. The zero-order valence-electron chi connectivity index (χ0n) is 37.4. The molecule has 0 saturated heterocycles. The quantitative estimate of drug-likeness (QED) is 0.138. The molecule has 0 aromatic heterocycles. The second-order valence-corrected chi connectivity index (χ2v) is 17.9. The summed E-state index contributed by atoms with van der Waals surface area (Å²) in [6.07, 6.45) is 0. The van der Waals surface area contributed by atoms with E-state index in [0.717, 1.165) is 17.1 Å². The fraction of sp³-hybridized carbons (Fsp3) is 0.0149. The molecule has 1 heteroatoms. The van der Waals surface area contributed by atoms with Gasteiger partial charge in [0.2, 0.25) is 0 Å². The summed E-state index contributed by atoms with van der Waals surface area (Å²) in [7, 11) is 0. The first-order valence-corrected chi connectivity index (χ1v) is 23.6. The van der Waals surface area contributed by atoms with Crippen LogP contribution < -0.4 is 4.90 Å². The Hall–Kier alpha value is -8.78. The molecule has 1 aliphatic carbocycles. The molecule has 12 aromatic rings. The van der Waals surface area contributed by atoms with Gasteiger partial charge in [0.25, 0.3) is 0 Å². The molecule has 318 valence electrons. The second kappa shape index (κ2) is 16.3. The van der Waals surface area contributed by atoms with Crippen LogP contribution in [0.15, 0.2) is 273 Å². The Balaban J connectivity index is 1.10. The van der Waals surface area contributed by atoms with Crippen molar-refractivity contribution in [2.75, 3.05) is 4.90 Å². The van der Waals surface area contributed by atoms with Crippen molar-refractivity contribution in [3.8, 4) is 44.5 Å². The van der Waals surface area contributed by atoms with E-state index in [1.54, 1.807) is 0 Å². The van der Waals surface area contributed by atoms with Crippen molar-refractivity contribution >= 4 is 49.4 Å². The first kappa shape index (κ1) is 39.6. The van der Waals surface area contributed by atoms with E-state index in [2.05, 4.69) is 278 Å². The molecule has 0 N–H and O–H groups in total. The Kier molecular flexibility index (Phi) is 9.47. The van der Waals surface area contributed by atoms with Gasteiger partial charge in [-0.25, -0.2) is 0 Å². The lowest BCUT2D eigenvalue weighted by atomic mass is 9.68. The highest BCUT2D eigenvalue weighted by Gasteiger charge is 2.46. The fourth-order valence-electron chi connectivity index (χ4n) is 11.4. The number of rotatable bonds is 8. The molecule has 0 fully saturated rings. The summed E-state index contributed by atoms with van der Waals surface area (Å²) < 4.78 is 0. The van der Waals surface area contributed by atoms with Crippen LogP contribution in [0.3, 0.4) is 0 Å². The minimum absolute atomic E-state index is 0.492. The molecule has 12 aromatic carbocycles. The van der Waals surface area contributed by atoms with E-state index in [9.17, 15) is 0 Å². The van der Waals surface area contributed by atoms with Gasteiger partial charge in [0.05, 0.1) is 5.41 Å². The molecule has 0 atom stereocenters. The van der Waals surface area contributed by atoms with E-state index in [1.165, 1.54) is 99.1 Å². The summed E-state index contributed by atoms with van der Waals surface area (Å²) in [6.45, 7) is 0. The second-order valence-electron chi connectivity index (χ2n) is 17.9. The van der Waals surface area contributed by atoms with Crippen LogP contribution >= 0.6 is 0 Å². The Morgan fingerprint density at radius 2 is 0.721 bits per heavy atom. The van der Waals surface area contributed by atoms with Crippen molar-refractivity contribution in [1.29, 1.82) is 0 Å². The molecule has 0 bridgehead atoms. The molecule has 1 nitrogen and oxygen atoms in total. The van der Waals surface area contributed by atoms with Crippen molar-refractivity contribution in [1.82, 2.24) is 0 Å². The summed E-state index contributed by atoms with van der Waals surface area (Å²) >= 11 is 0. The third-order valence-electron chi connectivity index (χ3n) is 14.3. The number of anilines is 3. The minimum atomic E-state index is -0.492. The molecule has 0 spiro atoms. The molecule has 0 amide bonds. The topological polar surface area (TPSA) is 3.24 Å². The molecular weight excluding hydrogens is 819 g/mol. The average molecular weight is 864 g/mol. The molecule has 0 aliphatic heterocycles. The molecular formula is C67H45N. The number of nitrogens with zero attached hydrogens (tertiary/aromatic N) is 1. The van der Waals surface area contributed by atoms with Gasteiger partial charge >= 0.3 is 0 Å². The summed E-state index contributed by atoms with van der Waals surface area (Å²) in [5.41, 5.74) is 17.6. The Morgan fingerprint density at radius 3 is 1.44 bits per heavy atom. The van der Waals surface area contributed by atoms with Gasteiger partial charge in [0.15, 0.2) is 0 Å².